The first-order valence-electron chi connectivity index (χ1n) is 11.9. The minimum atomic E-state index is -5.00. The molecule has 210 valence electrons. The van der Waals surface area contributed by atoms with Gasteiger partial charge < -0.3 is 0 Å². The first-order chi connectivity index (χ1) is 19.4. The molecule has 2 aromatic carbocycles. The molecule has 41 heavy (non-hydrogen) atoms. The normalized spacial score (nSPS) is 13.9. The van der Waals surface area contributed by atoms with Gasteiger partial charge in [-0.1, -0.05) is 23.7 Å². The third kappa shape index (κ3) is 5.88. The van der Waals surface area contributed by atoms with Crippen LogP contribution in [0.4, 0.5) is 26.3 Å². The molecule has 0 saturated heterocycles. The molecule has 0 unspecified atom stereocenters. The average Bonchev–Trinajstić information content (AvgIpc) is 3.35. The van der Waals surface area contributed by atoms with E-state index in [4.69, 9.17) is 11.6 Å². The Morgan fingerprint density at radius 2 is 1.46 bits per heavy atom. The predicted octanol–water partition coefficient (Wildman–Crippen LogP) is 6.75. The van der Waals surface area contributed by atoms with Crippen molar-refractivity contribution in [1.29, 1.82) is 0 Å². The van der Waals surface area contributed by atoms with Gasteiger partial charge in [0.1, 0.15) is 11.4 Å². The fourth-order valence-corrected chi connectivity index (χ4v) is 4.57. The lowest BCUT2D eigenvalue weighted by Crippen LogP contribution is -2.37. The number of rotatable bonds is 6. The van der Waals surface area contributed by atoms with Crippen molar-refractivity contribution >= 4 is 28.8 Å². The number of ketones is 1. The molecule has 2 aromatic heterocycles. The van der Waals surface area contributed by atoms with Crippen LogP contribution < -0.4 is 11.0 Å². The maximum Gasteiger partial charge on any atom is 0.416 e. The fraction of sp³-hybridized carbons (Fsp3) is 0.107. The Morgan fingerprint density at radius 1 is 0.829 bits per heavy atom. The first kappa shape index (κ1) is 28.1. The number of aromatic nitrogens is 2. The van der Waals surface area contributed by atoms with Crippen molar-refractivity contribution in [3.63, 3.8) is 0 Å². The maximum atomic E-state index is 13.5. The van der Waals surface area contributed by atoms with Gasteiger partial charge in [-0.3, -0.25) is 25.2 Å². The number of alkyl halides is 6. The highest BCUT2D eigenvalue weighted by Crippen LogP contribution is 2.38. The molecule has 0 bridgehead atoms. The van der Waals surface area contributed by atoms with E-state index in [0.717, 1.165) is 0 Å². The Bertz CT molecular complexity index is 1610. The number of benzene rings is 2. The molecule has 1 aliphatic heterocycles. The summed E-state index contributed by atoms with van der Waals surface area (Å²) < 4.78 is 80.9. The number of pyridine rings is 2. The Kier molecular flexibility index (Phi) is 7.45. The number of hydrogen-bond donors (Lipinski definition) is 2. The average molecular weight is 590 g/mol. The summed E-state index contributed by atoms with van der Waals surface area (Å²) in [4.78, 5) is 21.9. The van der Waals surface area contributed by atoms with Gasteiger partial charge in [-0.25, -0.2) is 0 Å². The van der Waals surface area contributed by atoms with Crippen molar-refractivity contribution in [2.45, 2.75) is 18.9 Å². The number of carbonyl (C=O) groups is 1. The van der Waals surface area contributed by atoms with Crippen molar-refractivity contribution in [3.8, 4) is 0 Å². The quantitative estimate of drug-likeness (QED) is 0.192. The van der Waals surface area contributed by atoms with Crippen molar-refractivity contribution in [1.82, 2.24) is 25.9 Å². The van der Waals surface area contributed by atoms with E-state index in [1.165, 1.54) is 29.7 Å². The second kappa shape index (κ2) is 10.9. The zero-order valence-corrected chi connectivity index (χ0v) is 21.4. The molecule has 1 aliphatic rings. The number of carbonyl (C=O) groups excluding carboxylic acids is 1. The lowest BCUT2D eigenvalue weighted by molar-refractivity contribution is -0.143. The molecule has 0 radical (unpaired) electrons. The van der Waals surface area contributed by atoms with Crippen LogP contribution in [0, 0.1) is 0 Å². The predicted molar refractivity (Wildman–Crippen MR) is 138 cm³/mol. The minimum absolute atomic E-state index is 0.0741. The van der Waals surface area contributed by atoms with E-state index >= 15 is 0 Å². The van der Waals surface area contributed by atoms with Gasteiger partial charge >= 0.3 is 12.4 Å². The van der Waals surface area contributed by atoms with E-state index in [0.29, 0.717) is 23.4 Å². The van der Waals surface area contributed by atoms with E-state index in [-0.39, 0.29) is 39.2 Å². The number of hydrazine groups is 2. The molecule has 4 aromatic rings. The zero-order chi connectivity index (χ0) is 29.4. The van der Waals surface area contributed by atoms with Crippen LogP contribution in [0.5, 0.6) is 0 Å². The molecular weight excluding hydrogens is 572 g/mol. The molecular formula is C28H18ClF6N5O. The van der Waals surface area contributed by atoms with Gasteiger partial charge in [0.2, 0.25) is 0 Å². The number of nitrogens with one attached hydrogen (secondary N) is 2. The third-order valence-electron chi connectivity index (χ3n) is 6.17. The van der Waals surface area contributed by atoms with E-state index in [2.05, 4.69) is 20.9 Å². The Balaban J connectivity index is 1.63. The van der Waals surface area contributed by atoms with Gasteiger partial charge in [0, 0.05) is 29.7 Å². The molecule has 0 atom stereocenters. The molecule has 3 heterocycles. The number of hydrogen-bond acceptors (Lipinski definition) is 6. The fourth-order valence-electron chi connectivity index (χ4n) is 4.34. The van der Waals surface area contributed by atoms with Crippen LogP contribution >= 0.6 is 11.6 Å². The maximum absolute atomic E-state index is 13.5. The Hall–Kier alpha value is -4.42. The van der Waals surface area contributed by atoms with Gasteiger partial charge in [-0.15, -0.1) is 5.53 Å². The van der Waals surface area contributed by atoms with Gasteiger partial charge in [-0.05, 0) is 60.2 Å². The van der Waals surface area contributed by atoms with Crippen molar-refractivity contribution in [3.05, 3.63) is 129 Å². The van der Waals surface area contributed by atoms with Crippen LogP contribution in [0.1, 0.15) is 43.9 Å². The topological polar surface area (TPSA) is 70.2 Å². The standard InChI is InChI=1S/C28H18ClF6N5O/c29-22-6-2-1-4-20(22)26(41)21-5-3-9-37-23(21)24-25(17-7-10-36-11-8-17)40(39-38-24)15-16-12-18(27(30,31)32)14-19(13-16)28(33,34)35/h1-14,38-39H,15H2. The van der Waals surface area contributed by atoms with Gasteiger partial charge in [0.15, 0.2) is 5.78 Å². The van der Waals surface area contributed by atoms with Crippen LogP contribution in [-0.4, -0.2) is 20.8 Å². The summed E-state index contributed by atoms with van der Waals surface area (Å²) in [6, 6.07) is 14.1. The molecule has 0 saturated carbocycles. The molecule has 2 N–H and O–H groups in total. The summed E-state index contributed by atoms with van der Waals surface area (Å²) in [5.41, 5.74) is 4.19. The lowest BCUT2D eigenvalue weighted by Gasteiger charge is -2.23. The van der Waals surface area contributed by atoms with Crippen LogP contribution in [0.3, 0.4) is 0 Å². The molecule has 6 nitrogen and oxygen atoms in total. The molecule has 5 rings (SSSR count). The summed E-state index contributed by atoms with van der Waals surface area (Å²) >= 11 is 6.25. The Labute approximate surface area is 234 Å². The van der Waals surface area contributed by atoms with Gasteiger partial charge in [0.25, 0.3) is 0 Å². The van der Waals surface area contributed by atoms with Crippen LogP contribution in [0.2, 0.25) is 5.02 Å². The Morgan fingerprint density at radius 3 is 2.10 bits per heavy atom. The third-order valence-corrected chi connectivity index (χ3v) is 6.50. The van der Waals surface area contributed by atoms with Crippen LogP contribution in [-0.2, 0) is 18.9 Å². The summed E-state index contributed by atoms with van der Waals surface area (Å²) in [6.07, 6.45) is -5.61. The summed E-state index contributed by atoms with van der Waals surface area (Å²) in [6.45, 7) is -0.415. The monoisotopic (exact) mass is 589 g/mol. The van der Waals surface area contributed by atoms with Crippen molar-refractivity contribution < 1.29 is 31.1 Å². The summed E-state index contributed by atoms with van der Waals surface area (Å²) in [5.74, 6) is -0.437. The van der Waals surface area contributed by atoms with E-state index in [1.54, 1.807) is 42.5 Å². The number of nitrogens with zero attached hydrogens (tertiary/aromatic N) is 3. The summed E-state index contributed by atoms with van der Waals surface area (Å²) in [7, 11) is 0. The largest absolute Gasteiger partial charge is 0.416 e. The smallest absolute Gasteiger partial charge is 0.300 e. The summed E-state index contributed by atoms with van der Waals surface area (Å²) in [5, 5.41) is 1.55. The zero-order valence-electron chi connectivity index (χ0n) is 20.7. The highest BCUT2D eigenvalue weighted by molar-refractivity contribution is 6.35. The lowest BCUT2D eigenvalue weighted by atomic mass is 9.98. The highest BCUT2D eigenvalue weighted by Gasteiger charge is 2.37. The molecule has 0 spiro atoms. The van der Waals surface area contributed by atoms with E-state index < -0.39 is 35.8 Å². The molecule has 0 fully saturated rings. The number of halogens is 7. The van der Waals surface area contributed by atoms with E-state index in [9.17, 15) is 31.1 Å². The molecule has 0 amide bonds. The molecule has 0 aliphatic carbocycles. The minimum Gasteiger partial charge on any atom is -0.300 e. The van der Waals surface area contributed by atoms with Gasteiger partial charge in [-0.2, -0.15) is 26.3 Å². The van der Waals surface area contributed by atoms with Crippen molar-refractivity contribution in [2.75, 3.05) is 0 Å². The SMILES string of the molecule is O=C(c1ccccc1Cl)c1cccnc1C1=C(c2ccncc2)N(Cc2cc(C(F)(F)F)cc(C(F)(F)F)c2)NN1. The van der Waals surface area contributed by atoms with Gasteiger partial charge in [0.05, 0.1) is 34.0 Å². The first-order valence-corrected chi connectivity index (χ1v) is 12.3. The second-order valence-electron chi connectivity index (χ2n) is 8.91. The van der Waals surface area contributed by atoms with Crippen LogP contribution in [0.15, 0.2) is 85.3 Å². The van der Waals surface area contributed by atoms with Crippen molar-refractivity contribution in [2.24, 2.45) is 0 Å². The highest BCUT2D eigenvalue weighted by atomic mass is 35.5. The molecule has 13 heteroatoms. The van der Waals surface area contributed by atoms with Crippen LogP contribution in [0.25, 0.3) is 11.4 Å². The second-order valence-corrected chi connectivity index (χ2v) is 9.31. The van der Waals surface area contributed by atoms with E-state index in [1.807, 2.05) is 0 Å².